The number of nitrogens with one attached hydrogen (secondary N) is 1. The topological polar surface area (TPSA) is 120 Å². The van der Waals surface area contributed by atoms with Crippen LogP contribution in [-0.4, -0.2) is 22.8 Å². The average molecular weight is 335 g/mol. The number of ether oxygens (including phenoxy) is 2. The van der Waals surface area contributed by atoms with Crippen molar-refractivity contribution in [2.75, 3.05) is 18.6 Å². The fourth-order valence-electron chi connectivity index (χ4n) is 2.30. The lowest BCUT2D eigenvalue weighted by atomic mass is 10.0. The summed E-state index contributed by atoms with van der Waals surface area (Å²) < 4.78 is 11.0. The van der Waals surface area contributed by atoms with Crippen molar-refractivity contribution in [1.29, 1.82) is 5.41 Å². The van der Waals surface area contributed by atoms with Crippen molar-refractivity contribution in [3.63, 3.8) is 0 Å². The van der Waals surface area contributed by atoms with Gasteiger partial charge in [0.05, 0.1) is 18.4 Å². The first kappa shape index (κ1) is 16.3. The summed E-state index contributed by atoms with van der Waals surface area (Å²) in [5.74, 6) is 2.36. The van der Waals surface area contributed by atoms with E-state index in [1.807, 2.05) is 18.2 Å². The molecule has 25 heavy (non-hydrogen) atoms. The van der Waals surface area contributed by atoms with Gasteiger partial charge in [0.1, 0.15) is 35.2 Å². The molecule has 0 aliphatic rings. The first-order valence-electron chi connectivity index (χ1n) is 7.45. The summed E-state index contributed by atoms with van der Waals surface area (Å²) in [6.07, 6.45) is 1.27. The highest BCUT2D eigenvalue weighted by Gasteiger charge is 2.14. The van der Waals surface area contributed by atoms with Crippen molar-refractivity contribution in [3.8, 4) is 17.2 Å². The van der Waals surface area contributed by atoms with Crippen molar-refractivity contribution < 1.29 is 9.47 Å². The summed E-state index contributed by atoms with van der Waals surface area (Å²) in [7, 11) is 1.60. The van der Waals surface area contributed by atoms with Gasteiger partial charge >= 0.3 is 0 Å². The molecule has 0 saturated heterocycles. The van der Waals surface area contributed by atoms with Gasteiger partial charge < -0.3 is 20.9 Å². The second kappa shape index (κ2) is 6.88. The normalized spacial score (nSPS) is 10.3. The van der Waals surface area contributed by atoms with Gasteiger partial charge in [-0.2, -0.15) is 0 Å². The van der Waals surface area contributed by atoms with Crippen LogP contribution in [-0.2, 0) is 0 Å². The summed E-state index contributed by atoms with van der Waals surface area (Å²) in [5, 5.41) is 8.30. The summed E-state index contributed by atoms with van der Waals surface area (Å²) in [6.45, 7) is 0. The minimum absolute atomic E-state index is 0.156. The predicted molar refractivity (Wildman–Crippen MR) is 96.3 cm³/mol. The molecule has 0 spiro atoms. The molecule has 5 N–H and O–H groups in total. The number of hydrogen-bond donors (Lipinski definition) is 3. The lowest BCUT2D eigenvalue weighted by Crippen LogP contribution is -2.11. The molecule has 3 rings (SSSR count). The molecule has 3 aromatic rings. The molecule has 0 unspecified atom stereocenters. The molecular weight excluding hydrogens is 318 g/mol. The summed E-state index contributed by atoms with van der Waals surface area (Å²) in [4.78, 5) is 7.77. The average Bonchev–Trinajstić information content (AvgIpc) is 2.62. The zero-order valence-corrected chi connectivity index (χ0v) is 13.6. The molecule has 0 saturated carbocycles. The molecule has 1 aromatic heterocycles. The molecule has 0 fully saturated rings. The molecule has 0 aliphatic heterocycles. The van der Waals surface area contributed by atoms with Crippen LogP contribution in [0, 0.1) is 5.41 Å². The molecule has 0 aliphatic carbocycles. The molecule has 0 atom stereocenters. The maximum Gasteiger partial charge on any atom is 0.138 e. The number of nitrogen functional groups attached to an aromatic ring is 2. The number of anilines is 2. The van der Waals surface area contributed by atoms with E-state index in [1.54, 1.807) is 37.4 Å². The Morgan fingerprint density at radius 3 is 2.20 bits per heavy atom. The summed E-state index contributed by atoms with van der Waals surface area (Å²) >= 11 is 0. The van der Waals surface area contributed by atoms with Crippen LogP contribution in [0.25, 0.3) is 0 Å². The van der Waals surface area contributed by atoms with Gasteiger partial charge in [0, 0.05) is 11.6 Å². The fourth-order valence-corrected chi connectivity index (χ4v) is 2.30. The lowest BCUT2D eigenvalue weighted by Gasteiger charge is -2.10. The van der Waals surface area contributed by atoms with E-state index >= 15 is 0 Å². The number of aromatic nitrogens is 2. The van der Waals surface area contributed by atoms with Gasteiger partial charge in [-0.25, -0.2) is 9.97 Å². The molecule has 1 heterocycles. The van der Waals surface area contributed by atoms with Crippen LogP contribution in [0.15, 0.2) is 54.9 Å². The number of rotatable bonds is 5. The Kier molecular flexibility index (Phi) is 4.47. The van der Waals surface area contributed by atoms with E-state index in [9.17, 15) is 0 Å². The van der Waals surface area contributed by atoms with Gasteiger partial charge in [0.25, 0.3) is 0 Å². The van der Waals surface area contributed by atoms with E-state index < -0.39 is 0 Å². The highest BCUT2D eigenvalue weighted by molar-refractivity contribution is 6.15. The van der Waals surface area contributed by atoms with E-state index in [0.717, 1.165) is 0 Å². The third-order valence-corrected chi connectivity index (χ3v) is 3.58. The number of nitrogens with zero attached hydrogens (tertiary/aromatic N) is 2. The van der Waals surface area contributed by atoms with Crippen LogP contribution in [0.4, 0.5) is 11.6 Å². The number of nitrogens with two attached hydrogens (primary N) is 2. The second-order valence-corrected chi connectivity index (χ2v) is 5.20. The highest BCUT2D eigenvalue weighted by atomic mass is 16.5. The molecule has 0 amide bonds. The van der Waals surface area contributed by atoms with Crippen LogP contribution in [0.5, 0.6) is 17.2 Å². The molecule has 0 bridgehead atoms. The van der Waals surface area contributed by atoms with Crippen LogP contribution >= 0.6 is 0 Å². The zero-order valence-electron chi connectivity index (χ0n) is 13.6. The van der Waals surface area contributed by atoms with E-state index in [0.29, 0.717) is 28.4 Å². The number of hydrogen-bond acceptors (Lipinski definition) is 7. The Labute approximate surface area is 144 Å². The molecule has 7 nitrogen and oxygen atoms in total. The van der Waals surface area contributed by atoms with Crippen LogP contribution in [0.2, 0.25) is 0 Å². The Bertz CT molecular complexity index is 889. The Morgan fingerprint density at radius 2 is 1.56 bits per heavy atom. The monoisotopic (exact) mass is 335 g/mol. The predicted octanol–water partition coefficient (Wildman–Crippen LogP) is 2.86. The third-order valence-electron chi connectivity index (χ3n) is 3.58. The highest BCUT2D eigenvalue weighted by Crippen LogP contribution is 2.26. The Morgan fingerprint density at radius 1 is 0.920 bits per heavy atom. The standard InChI is InChI=1S/C18H17N5O2/c1-24-13-3-2-4-14(9-13)25-12-7-5-11(6-8-12)16(19)15-17(20)22-10-23-18(15)21/h2-10,19H,1H3,(H4,20,21,22,23). The van der Waals surface area contributed by atoms with Crippen LogP contribution in [0.1, 0.15) is 11.1 Å². The van der Waals surface area contributed by atoms with E-state index in [1.165, 1.54) is 6.33 Å². The van der Waals surface area contributed by atoms with Crippen molar-refractivity contribution in [1.82, 2.24) is 9.97 Å². The maximum absolute atomic E-state index is 8.30. The van der Waals surface area contributed by atoms with Crippen molar-refractivity contribution in [3.05, 3.63) is 66.0 Å². The Hall–Kier alpha value is -3.61. The lowest BCUT2D eigenvalue weighted by molar-refractivity contribution is 0.409. The van der Waals surface area contributed by atoms with Crippen molar-refractivity contribution in [2.24, 2.45) is 0 Å². The van der Waals surface area contributed by atoms with Gasteiger partial charge in [-0.15, -0.1) is 0 Å². The van der Waals surface area contributed by atoms with Crippen molar-refractivity contribution >= 4 is 17.3 Å². The molecule has 126 valence electrons. The molecule has 2 aromatic carbocycles. The van der Waals surface area contributed by atoms with Gasteiger partial charge in [0.2, 0.25) is 0 Å². The van der Waals surface area contributed by atoms with E-state index in [2.05, 4.69) is 9.97 Å². The molecule has 0 radical (unpaired) electrons. The van der Waals surface area contributed by atoms with Gasteiger partial charge in [-0.3, -0.25) is 5.41 Å². The summed E-state index contributed by atoms with van der Waals surface area (Å²) in [6, 6.07) is 14.3. The molecule has 7 heteroatoms. The van der Waals surface area contributed by atoms with Crippen molar-refractivity contribution in [2.45, 2.75) is 0 Å². The third kappa shape index (κ3) is 3.50. The van der Waals surface area contributed by atoms with E-state index in [4.69, 9.17) is 26.4 Å². The van der Waals surface area contributed by atoms with Gasteiger partial charge in [-0.05, 0) is 36.4 Å². The van der Waals surface area contributed by atoms with Crippen LogP contribution < -0.4 is 20.9 Å². The quantitative estimate of drug-likeness (QED) is 0.617. The largest absolute Gasteiger partial charge is 0.497 e. The number of methoxy groups -OCH3 is 1. The SMILES string of the molecule is COc1cccc(Oc2ccc(C(=N)c3c(N)ncnc3N)cc2)c1. The Balaban J connectivity index is 1.81. The van der Waals surface area contributed by atoms with Gasteiger partial charge in [-0.1, -0.05) is 6.07 Å². The van der Waals surface area contributed by atoms with Crippen LogP contribution in [0.3, 0.4) is 0 Å². The summed E-state index contributed by atoms with van der Waals surface area (Å²) in [5.41, 5.74) is 12.7. The second-order valence-electron chi connectivity index (χ2n) is 5.20. The first-order valence-corrected chi connectivity index (χ1v) is 7.45. The maximum atomic E-state index is 8.30. The zero-order chi connectivity index (χ0) is 17.8. The fraction of sp³-hybridized carbons (Fsp3) is 0.0556. The molecular formula is C18H17N5O2. The smallest absolute Gasteiger partial charge is 0.138 e. The first-order chi connectivity index (χ1) is 12.1. The van der Waals surface area contributed by atoms with E-state index in [-0.39, 0.29) is 17.3 Å². The minimum atomic E-state index is 0.156. The minimum Gasteiger partial charge on any atom is -0.497 e. The van der Waals surface area contributed by atoms with Gasteiger partial charge in [0.15, 0.2) is 0 Å². The number of benzene rings is 2.